The molecular weight excluding hydrogens is 732 g/mol. The van der Waals surface area contributed by atoms with Crippen molar-refractivity contribution in [3.8, 4) is 10.0 Å². The van der Waals surface area contributed by atoms with Gasteiger partial charge in [-0.3, -0.25) is 0 Å². The number of hydrogen-bond acceptors (Lipinski definition) is 4. The molecular formula is C40H70Br2N2S2. The zero-order valence-corrected chi connectivity index (χ0v) is 34.9. The molecule has 0 fully saturated rings. The summed E-state index contributed by atoms with van der Waals surface area (Å²) in [4.78, 5) is 10.0. The van der Waals surface area contributed by atoms with Gasteiger partial charge in [-0.15, -0.1) is 22.7 Å². The first-order valence-corrected chi connectivity index (χ1v) is 23.2. The SMILES string of the molecule is CCCCCCCCCCCCCCCCCc1nc(-c2nc(CCCCCCCCCCCCCCCCC)c(Br)s2)sc1Br. The van der Waals surface area contributed by atoms with E-state index in [4.69, 9.17) is 9.97 Å². The Morgan fingerprint density at radius 1 is 0.348 bits per heavy atom. The summed E-state index contributed by atoms with van der Waals surface area (Å²) in [5.41, 5.74) is 2.45. The third-order valence-electron chi connectivity index (χ3n) is 9.52. The van der Waals surface area contributed by atoms with Gasteiger partial charge < -0.3 is 0 Å². The molecule has 2 rings (SSSR count). The molecule has 6 heteroatoms. The number of halogens is 2. The van der Waals surface area contributed by atoms with Crippen molar-refractivity contribution < 1.29 is 0 Å². The maximum atomic E-state index is 5.01. The molecule has 0 bridgehead atoms. The molecule has 0 aliphatic carbocycles. The van der Waals surface area contributed by atoms with Crippen LogP contribution >= 0.6 is 54.5 Å². The van der Waals surface area contributed by atoms with E-state index in [2.05, 4.69) is 45.7 Å². The molecule has 0 spiro atoms. The van der Waals surface area contributed by atoms with E-state index < -0.39 is 0 Å². The number of thiazole rings is 2. The average molecular weight is 803 g/mol. The van der Waals surface area contributed by atoms with Gasteiger partial charge >= 0.3 is 0 Å². The number of nitrogens with zero attached hydrogens (tertiary/aromatic N) is 2. The number of unbranched alkanes of at least 4 members (excludes halogenated alkanes) is 28. The van der Waals surface area contributed by atoms with Crippen LogP contribution in [0.5, 0.6) is 0 Å². The van der Waals surface area contributed by atoms with Crippen LogP contribution in [0.2, 0.25) is 0 Å². The zero-order valence-electron chi connectivity index (χ0n) is 30.1. The molecule has 2 heterocycles. The van der Waals surface area contributed by atoms with Crippen molar-refractivity contribution >= 4 is 54.5 Å². The van der Waals surface area contributed by atoms with Crippen molar-refractivity contribution in [3.63, 3.8) is 0 Å². The normalized spacial score (nSPS) is 11.7. The minimum absolute atomic E-state index is 1.08. The predicted molar refractivity (Wildman–Crippen MR) is 216 cm³/mol. The Morgan fingerprint density at radius 2 is 0.565 bits per heavy atom. The van der Waals surface area contributed by atoms with Gasteiger partial charge in [0.15, 0.2) is 10.0 Å². The highest BCUT2D eigenvalue weighted by molar-refractivity contribution is 9.11. The van der Waals surface area contributed by atoms with E-state index in [0.717, 1.165) is 22.9 Å². The summed E-state index contributed by atoms with van der Waals surface area (Å²) in [6.45, 7) is 4.60. The molecule has 2 aromatic rings. The van der Waals surface area contributed by atoms with Crippen LogP contribution < -0.4 is 0 Å². The van der Waals surface area contributed by atoms with Gasteiger partial charge in [-0.25, -0.2) is 9.97 Å². The molecule has 0 atom stereocenters. The fraction of sp³-hybridized carbons (Fsp3) is 0.850. The summed E-state index contributed by atoms with van der Waals surface area (Å²) in [6.07, 6.45) is 44.4. The fourth-order valence-electron chi connectivity index (χ4n) is 6.49. The molecule has 0 aliphatic rings. The third kappa shape index (κ3) is 21.3. The van der Waals surface area contributed by atoms with Crippen LogP contribution in [0, 0.1) is 0 Å². The van der Waals surface area contributed by atoms with Crippen LogP contribution in [0.1, 0.15) is 218 Å². The van der Waals surface area contributed by atoms with Crippen LogP contribution in [0.3, 0.4) is 0 Å². The highest BCUT2D eigenvalue weighted by Gasteiger charge is 2.16. The molecule has 2 aromatic heterocycles. The lowest BCUT2D eigenvalue weighted by molar-refractivity contribution is 0.532. The van der Waals surface area contributed by atoms with Gasteiger partial charge in [0.2, 0.25) is 0 Å². The van der Waals surface area contributed by atoms with Gasteiger partial charge in [-0.2, -0.15) is 0 Å². The lowest BCUT2D eigenvalue weighted by Gasteiger charge is -2.03. The van der Waals surface area contributed by atoms with E-state index >= 15 is 0 Å². The molecule has 0 saturated heterocycles. The molecule has 0 saturated carbocycles. The second kappa shape index (κ2) is 30.1. The Morgan fingerprint density at radius 3 is 0.804 bits per heavy atom. The van der Waals surface area contributed by atoms with Crippen LogP contribution in [0.4, 0.5) is 0 Å². The van der Waals surface area contributed by atoms with Crippen LogP contribution in [0.15, 0.2) is 7.57 Å². The van der Waals surface area contributed by atoms with Gasteiger partial charge in [0, 0.05) is 0 Å². The fourth-order valence-corrected chi connectivity index (χ4v) is 9.68. The van der Waals surface area contributed by atoms with Crippen molar-refractivity contribution in [2.24, 2.45) is 0 Å². The molecule has 266 valence electrons. The lowest BCUT2D eigenvalue weighted by Crippen LogP contribution is -1.89. The van der Waals surface area contributed by atoms with Crippen LogP contribution in [0.25, 0.3) is 10.0 Å². The first kappa shape index (κ1) is 42.4. The lowest BCUT2D eigenvalue weighted by atomic mass is 10.0. The Hall–Kier alpha value is 0.220. The molecule has 2 nitrogen and oxygen atoms in total. The molecule has 0 aromatic carbocycles. The van der Waals surface area contributed by atoms with Gasteiger partial charge in [0.25, 0.3) is 0 Å². The molecule has 0 radical (unpaired) electrons. The Balaban J connectivity index is 1.47. The second-order valence-electron chi connectivity index (χ2n) is 13.9. The summed E-state index contributed by atoms with van der Waals surface area (Å²) in [7, 11) is 0. The first-order chi connectivity index (χ1) is 22.7. The van der Waals surface area contributed by atoms with Crippen molar-refractivity contribution in [1.82, 2.24) is 9.97 Å². The predicted octanol–water partition coefficient (Wildman–Crippen LogP) is 16.6. The van der Waals surface area contributed by atoms with Gasteiger partial charge in [0.1, 0.15) is 0 Å². The largest absolute Gasteiger partial charge is 0.237 e. The van der Waals surface area contributed by atoms with E-state index in [0.29, 0.717) is 0 Å². The number of aryl methyl sites for hydroxylation is 2. The summed E-state index contributed by atoms with van der Waals surface area (Å²) >= 11 is 11.1. The van der Waals surface area contributed by atoms with Crippen molar-refractivity contribution in [2.45, 2.75) is 219 Å². The Kier molecular flexibility index (Phi) is 27.7. The monoisotopic (exact) mass is 800 g/mol. The van der Waals surface area contributed by atoms with Gasteiger partial charge in [-0.05, 0) is 57.5 Å². The highest BCUT2D eigenvalue weighted by atomic mass is 79.9. The van der Waals surface area contributed by atoms with Crippen molar-refractivity contribution in [1.29, 1.82) is 0 Å². The molecule has 0 unspecified atom stereocenters. The first-order valence-electron chi connectivity index (χ1n) is 20.0. The summed E-state index contributed by atoms with van der Waals surface area (Å²) in [6, 6.07) is 0. The highest BCUT2D eigenvalue weighted by Crippen LogP contribution is 2.38. The maximum Gasteiger partial charge on any atom is 0.153 e. The smallest absolute Gasteiger partial charge is 0.153 e. The second-order valence-corrected chi connectivity index (χ2v) is 18.5. The van der Waals surface area contributed by atoms with Crippen molar-refractivity contribution in [3.05, 3.63) is 19.0 Å². The van der Waals surface area contributed by atoms with E-state index in [1.165, 1.54) is 212 Å². The molecule has 0 aliphatic heterocycles. The van der Waals surface area contributed by atoms with Gasteiger partial charge in [0.05, 0.1) is 19.0 Å². The summed E-state index contributed by atoms with van der Waals surface area (Å²) in [5, 5.41) is 2.16. The average Bonchev–Trinajstić information content (AvgIpc) is 3.62. The third-order valence-corrected chi connectivity index (χ3v) is 13.3. The Bertz CT molecular complexity index is 881. The number of rotatable bonds is 33. The zero-order chi connectivity index (χ0) is 32.9. The van der Waals surface area contributed by atoms with Gasteiger partial charge in [-0.1, -0.05) is 194 Å². The van der Waals surface area contributed by atoms with Crippen LogP contribution in [-0.4, -0.2) is 9.97 Å². The number of aromatic nitrogens is 2. The Labute approximate surface area is 310 Å². The quantitative estimate of drug-likeness (QED) is 0.0672. The van der Waals surface area contributed by atoms with Crippen molar-refractivity contribution in [2.75, 3.05) is 0 Å². The topological polar surface area (TPSA) is 25.8 Å². The van der Waals surface area contributed by atoms with E-state index in [1.54, 1.807) is 22.7 Å². The maximum absolute atomic E-state index is 5.01. The standard InChI is InChI=1S/C40H70Br2N2S2/c1-3-5-7-9-11-13-15-17-19-21-23-25-27-29-31-33-35-37(41)45-39(43-35)40-44-36(38(42)46-40)34-32-30-28-26-24-22-20-18-16-14-12-10-8-6-4-2/h3-34H2,1-2H3. The summed E-state index contributed by atoms with van der Waals surface area (Å²) < 4.78 is 2.39. The minimum Gasteiger partial charge on any atom is -0.237 e. The van der Waals surface area contributed by atoms with E-state index in [-0.39, 0.29) is 0 Å². The van der Waals surface area contributed by atoms with Crippen LogP contribution in [-0.2, 0) is 12.8 Å². The van der Waals surface area contributed by atoms with E-state index in [1.807, 2.05) is 0 Å². The minimum atomic E-state index is 1.08. The summed E-state index contributed by atoms with van der Waals surface area (Å²) in [5.74, 6) is 0. The molecule has 0 amide bonds. The molecule has 46 heavy (non-hydrogen) atoms. The molecule has 0 N–H and O–H groups in total. The van der Waals surface area contributed by atoms with E-state index in [9.17, 15) is 0 Å². The number of hydrogen-bond donors (Lipinski definition) is 0.